The van der Waals surface area contributed by atoms with Crippen LogP contribution < -0.4 is 16.4 Å². The molecule has 0 aliphatic heterocycles. The van der Waals surface area contributed by atoms with E-state index >= 15 is 0 Å². The number of aliphatic hydroxyl groups excluding tert-OH is 1. The molecule has 0 saturated heterocycles. The van der Waals surface area contributed by atoms with Gasteiger partial charge in [-0.05, 0) is 30.5 Å². The lowest BCUT2D eigenvalue weighted by Gasteiger charge is -2.25. The largest absolute Gasteiger partial charge is 0.508 e. The van der Waals surface area contributed by atoms with Gasteiger partial charge >= 0.3 is 5.97 Å². The Balaban J connectivity index is 3.01. The van der Waals surface area contributed by atoms with Gasteiger partial charge in [-0.1, -0.05) is 32.4 Å². The molecule has 1 rings (SSSR count). The minimum atomic E-state index is -1.52. The summed E-state index contributed by atoms with van der Waals surface area (Å²) in [6, 6.07) is 2.59. The smallest absolute Gasteiger partial charge is 0.328 e. The number of benzene rings is 1. The van der Waals surface area contributed by atoms with Crippen molar-refractivity contribution in [2.75, 3.05) is 0 Å². The summed E-state index contributed by atoms with van der Waals surface area (Å²) < 4.78 is 0. The van der Waals surface area contributed by atoms with Crippen LogP contribution in [-0.4, -0.2) is 57.3 Å². The van der Waals surface area contributed by atoms with Crippen LogP contribution in [0.1, 0.15) is 32.8 Å². The van der Waals surface area contributed by atoms with E-state index in [0.717, 1.165) is 0 Å². The van der Waals surface area contributed by atoms with E-state index in [1.54, 1.807) is 12.1 Å². The molecule has 0 unspecified atom stereocenters. The summed E-state index contributed by atoms with van der Waals surface area (Å²) in [5, 5.41) is 32.9. The van der Waals surface area contributed by atoms with Gasteiger partial charge in [-0.2, -0.15) is 0 Å². The van der Waals surface area contributed by atoms with Gasteiger partial charge in [0.05, 0.1) is 12.1 Å². The lowest BCUT2D eigenvalue weighted by Crippen LogP contribution is -2.57. The first-order valence-electron chi connectivity index (χ1n) is 9.11. The highest BCUT2D eigenvalue weighted by molar-refractivity contribution is 5.92. The predicted molar refractivity (Wildman–Crippen MR) is 102 cm³/mol. The molecular formula is C19H29N3O6. The zero-order chi connectivity index (χ0) is 21.4. The molecule has 9 nitrogen and oxygen atoms in total. The second kappa shape index (κ2) is 10.6. The monoisotopic (exact) mass is 395 g/mol. The number of carboxylic acid groups (broad SMARTS) is 1. The Hall–Kier alpha value is -2.65. The van der Waals surface area contributed by atoms with Gasteiger partial charge in [0.1, 0.15) is 11.8 Å². The summed E-state index contributed by atoms with van der Waals surface area (Å²) in [5.41, 5.74) is 6.56. The number of phenols is 1. The van der Waals surface area contributed by atoms with Crippen LogP contribution in [0.15, 0.2) is 24.3 Å². The Morgan fingerprint density at radius 1 is 1.07 bits per heavy atom. The molecule has 0 aliphatic carbocycles. The van der Waals surface area contributed by atoms with E-state index in [-0.39, 0.29) is 18.1 Å². The third kappa shape index (κ3) is 6.82. The van der Waals surface area contributed by atoms with Crippen LogP contribution in [-0.2, 0) is 20.8 Å². The SMILES string of the molecule is CC[C@H](C)[C@H](N)C(=O)N[C@@H](Cc1ccc(O)cc1)C(=O)N[C@H](C(=O)O)[C@@H](C)O. The molecule has 0 fully saturated rings. The van der Waals surface area contributed by atoms with Crippen molar-refractivity contribution >= 4 is 17.8 Å². The molecule has 28 heavy (non-hydrogen) atoms. The average molecular weight is 395 g/mol. The van der Waals surface area contributed by atoms with Crippen molar-refractivity contribution in [3.8, 4) is 5.75 Å². The molecule has 5 atom stereocenters. The molecule has 1 aromatic carbocycles. The summed E-state index contributed by atoms with van der Waals surface area (Å²) in [6.07, 6.45) is -0.599. The average Bonchev–Trinajstić information content (AvgIpc) is 2.64. The van der Waals surface area contributed by atoms with Crippen molar-refractivity contribution in [1.29, 1.82) is 0 Å². The highest BCUT2D eigenvalue weighted by atomic mass is 16.4. The molecule has 0 spiro atoms. The molecule has 0 saturated carbocycles. The van der Waals surface area contributed by atoms with Crippen LogP contribution in [0.4, 0.5) is 0 Å². The van der Waals surface area contributed by atoms with Gasteiger partial charge in [-0.3, -0.25) is 9.59 Å². The number of phenolic OH excluding ortho intramolecular Hbond substituents is 1. The molecule has 1 aromatic rings. The van der Waals surface area contributed by atoms with Crippen molar-refractivity contribution < 1.29 is 29.7 Å². The molecule has 0 aliphatic rings. The van der Waals surface area contributed by atoms with E-state index in [9.17, 15) is 24.6 Å². The Morgan fingerprint density at radius 3 is 2.11 bits per heavy atom. The third-order valence-corrected chi connectivity index (χ3v) is 4.62. The van der Waals surface area contributed by atoms with Crippen LogP contribution in [0.3, 0.4) is 0 Å². The Bertz CT molecular complexity index is 677. The highest BCUT2D eigenvalue weighted by Gasteiger charge is 2.31. The van der Waals surface area contributed by atoms with Crippen molar-refractivity contribution in [2.24, 2.45) is 11.7 Å². The summed E-state index contributed by atoms with van der Waals surface area (Å²) in [7, 11) is 0. The van der Waals surface area contributed by atoms with Gasteiger partial charge in [0.15, 0.2) is 6.04 Å². The summed E-state index contributed by atoms with van der Waals surface area (Å²) in [6.45, 7) is 4.94. The van der Waals surface area contributed by atoms with E-state index < -0.39 is 42.0 Å². The van der Waals surface area contributed by atoms with Crippen LogP contribution >= 0.6 is 0 Å². The second-order valence-corrected chi connectivity index (χ2v) is 6.91. The van der Waals surface area contributed by atoms with Crippen molar-refractivity contribution in [3.05, 3.63) is 29.8 Å². The predicted octanol–water partition coefficient (Wildman–Crippen LogP) is -0.257. The molecule has 0 bridgehead atoms. The fourth-order valence-corrected chi connectivity index (χ4v) is 2.50. The summed E-state index contributed by atoms with van der Waals surface area (Å²) >= 11 is 0. The number of carbonyl (C=O) groups is 3. The molecule has 0 heterocycles. The standard InChI is InChI=1S/C19H29N3O6/c1-4-10(2)15(20)18(26)21-14(9-12-5-7-13(24)8-6-12)17(25)22-16(11(3)23)19(27)28/h5-8,10-11,14-16,23-24H,4,9,20H2,1-3H3,(H,21,26)(H,22,25)(H,27,28)/t10-,11+,14-,15-,16-/m0/s1. The van der Waals surface area contributed by atoms with E-state index in [0.29, 0.717) is 12.0 Å². The first-order chi connectivity index (χ1) is 13.1. The Morgan fingerprint density at radius 2 is 1.64 bits per heavy atom. The quantitative estimate of drug-likeness (QED) is 0.318. The number of aliphatic hydroxyl groups is 1. The van der Waals surface area contributed by atoms with Gasteiger partial charge in [-0.25, -0.2) is 4.79 Å². The van der Waals surface area contributed by atoms with Gasteiger partial charge in [0.2, 0.25) is 11.8 Å². The normalized spacial score (nSPS) is 16.3. The number of nitrogens with two attached hydrogens (primary N) is 1. The lowest BCUT2D eigenvalue weighted by atomic mass is 9.98. The number of aliphatic carboxylic acids is 1. The minimum Gasteiger partial charge on any atom is -0.508 e. The Kier molecular flexibility index (Phi) is 8.87. The van der Waals surface area contributed by atoms with Crippen LogP contribution in [0.5, 0.6) is 5.75 Å². The molecule has 0 aromatic heterocycles. The lowest BCUT2D eigenvalue weighted by molar-refractivity contribution is -0.145. The van der Waals surface area contributed by atoms with Crippen molar-refractivity contribution in [3.63, 3.8) is 0 Å². The first-order valence-corrected chi connectivity index (χ1v) is 9.11. The third-order valence-electron chi connectivity index (χ3n) is 4.62. The van der Waals surface area contributed by atoms with Crippen LogP contribution in [0.2, 0.25) is 0 Å². The number of nitrogens with one attached hydrogen (secondary N) is 2. The maximum Gasteiger partial charge on any atom is 0.328 e. The maximum absolute atomic E-state index is 12.6. The van der Waals surface area contributed by atoms with Crippen LogP contribution in [0, 0.1) is 5.92 Å². The van der Waals surface area contributed by atoms with Crippen molar-refractivity contribution in [2.45, 2.75) is 57.8 Å². The van der Waals surface area contributed by atoms with E-state index in [1.807, 2.05) is 13.8 Å². The molecule has 7 N–H and O–H groups in total. The number of hydrogen-bond acceptors (Lipinski definition) is 6. The van der Waals surface area contributed by atoms with Gasteiger partial charge in [0.25, 0.3) is 0 Å². The van der Waals surface area contributed by atoms with E-state index in [2.05, 4.69) is 10.6 Å². The fourth-order valence-electron chi connectivity index (χ4n) is 2.50. The van der Waals surface area contributed by atoms with Gasteiger partial charge in [-0.15, -0.1) is 0 Å². The zero-order valence-electron chi connectivity index (χ0n) is 16.3. The minimum absolute atomic E-state index is 0.0487. The zero-order valence-corrected chi connectivity index (χ0v) is 16.3. The fraction of sp³-hybridized carbons (Fsp3) is 0.526. The second-order valence-electron chi connectivity index (χ2n) is 6.91. The molecule has 9 heteroatoms. The highest BCUT2D eigenvalue weighted by Crippen LogP contribution is 2.12. The first kappa shape index (κ1) is 23.4. The number of hydrogen-bond donors (Lipinski definition) is 6. The number of carbonyl (C=O) groups excluding carboxylic acids is 2. The molecule has 156 valence electrons. The maximum atomic E-state index is 12.6. The topological polar surface area (TPSA) is 162 Å². The summed E-state index contributed by atoms with van der Waals surface area (Å²) in [5.74, 6) is -2.74. The molecule has 2 amide bonds. The van der Waals surface area contributed by atoms with Gasteiger partial charge < -0.3 is 31.7 Å². The van der Waals surface area contributed by atoms with Gasteiger partial charge in [0, 0.05) is 6.42 Å². The summed E-state index contributed by atoms with van der Waals surface area (Å²) in [4.78, 5) is 36.3. The van der Waals surface area contributed by atoms with Crippen molar-refractivity contribution in [1.82, 2.24) is 10.6 Å². The van der Waals surface area contributed by atoms with Crippen LogP contribution in [0.25, 0.3) is 0 Å². The number of aromatic hydroxyl groups is 1. The number of amides is 2. The number of rotatable bonds is 10. The molecular weight excluding hydrogens is 366 g/mol. The molecule has 0 radical (unpaired) electrons. The number of carboxylic acids is 1. The Labute approximate surface area is 163 Å². The van der Waals surface area contributed by atoms with E-state index in [1.165, 1.54) is 19.1 Å². The van der Waals surface area contributed by atoms with E-state index in [4.69, 9.17) is 10.8 Å².